The molecule has 0 unspecified atom stereocenters. The van der Waals surface area contributed by atoms with Crippen molar-refractivity contribution in [2.75, 3.05) is 47.3 Å². The molecule has 0 amide bonds. The molecule has 158 valence electrons. The lowest BCUT2D eigenvalue weighted by Crippen LogP contribution is -2.29. The molecule has 0 atom stereocenters. The Hall–Kier alpha value is -1.42. The van der Waals surface area contributed by atoms with E-state index < -0.39 is 23.5 Å². The molecule has 0 aliphatic carbocycles. The van der Waals surface area contributed by atoms with Gasteiger partial charge >= 0.3 is 12.3 Å². The van der Waals surface area contributed by atoms with Crippen LogP contribution in [-0.2, 0) is 14.2 Å². The van der Waals surface area contributed by atoms with Gasteiger partial charge in [-0.15, -0.1) is 0 Å². The fraction of sp³-hybridized carbons (Fsp3) is 0.882. The van der Waals surface area contributed by atoms with E-state index in [2.05, 4.69) is 15.0 Å². The van der Waals surface area contributed by atoms with Crippen LogP contribution in [0.3, 0.4) is 0 Å². The number of nitrogens with two attached hydrogens (primary N) is 2. The van der Waals surface area contributed by atoms with Gasteiger partial charge in [0, 0.05) is 26.2 Å². The first-order valence-electron chi connectivity index (χ1n) is 8.51. The van der Waals surface area contributed by atoms with Crippen LogP contribution in [0.25, 0.3) is 0 Å². The molecule has 0 aliphatic rings. The van der Waals surface area contributed by atoms with Crippen molar-refractivity contribution < 1.29 is 23.8 Å². The first-order chi connectivity index (χ1) is 11.7. The highest BCUT2D eigenvalue weighted by molar-refractivity contribution is 5.77. The van der Waals surface area contributed by atoms with Gasteiger partial charge in [0.15, 0.2) is 0 Å². The number of rotatable bonds is 4. The zero-order valence-electron chi connectivity index (χ0n) is 18.0. The molecule has 0 aromatic carbocycles. The second-order valence-electron chi connectivity index (χ2n) is 7.52. The summed E-state index contributed by atoms with van der Waals surface area (Å²) in [5.74, 6) is 0. The summed E-state index contributed by atoms with van der Waals surface area (Å²) < 4.78 is 13.8. The maximum absolute atomic E-state index is 11.0. The van der Waals surface area contributed by atoms with Gasteiger partial charge < -0.3 is 35.9 Å². The van der Waals surface area contributed by atoms with Crippen LogP contribution in [0.5, 0.6) is 0 Å². The molecule has 0 saturated heterocycles. The van der Waals surface area contributed by atoms with Crippen molar-refractivity contribution in [2.24, 2.45) is 11.5 Å². The van der Waals surface area contributed by atoms with E-state index in [9.17, 15) is 9.59 Å². The fourth-order valence-corrected chi connectivity index (χ4v) is 1.01. The van der Waals surface area contributed by atoms with Crippen molar-refractivity contribution in [1.29, 1.82) is 0 Å². The number of carbonyl (C=O) groups is 2. The van der Waals surface area contributed by atoms with Crippen LogP contribution in [0.2, 0.25) is 0 Å². The number of likely N-dealkylation sites (N-methyl/N-ethyl adjacent to an activating group) is 2. The van der Waals surface area contributed by atoms with Crippen LogP contribution >= 0.6 is 0 Å². The number of ether oxygens (including phenoxy) is 3. The summed E-state index contributed by atoms with van der Waals surface area (Å²) in [7, 11) is 5.90. The first kappa shape index (κ1) is 29.3. The molecule has 5 N–H and O–H groups in total. The van der Waals surface area contributed by atoms with Gasteiger partial charge in [0.05, 0.1) is 0 Å². The van der Waals surface area contributed by atoms with E-state index in [1.165, 1.54) is 0 Å². The van der Waals surface area contributed by atoms with Gasteiger partial charge in [-0.1, -0.05) is 0 Å². The number of hydrogen-bond donors (Lipinski definition) is 3. The van der Waals surface area contributed by atoms with Crippen LogP contribution in [0.15, 0.2) is 0 Å². The lowest BCUT2D eigenvalue weighted by molar-refractivity contribution is -0.0293. The van der Waals surface area contributed by atoms with Crippen molar-refractivity contribution >= 4 is 12.3 Å². The summed E-state index contributed by atoms with van der Waals surface area (Å²) >= 11 is 0. The standard InChI is InChI=1S/C10H18O5.C4H12N2.C3H10N2/c1-9(2,3)14-7(11)13-8(12)15-10(4,5)6;1-6(2)4-3-5;1-5-3-2-4/h1-6H3;3-5H2,1-2H3;5H,2-4H2,1H3. The molecule has 0 heterocycles. The van der Waals surface area contributed by atoms with Crippen molar-refractivity contribution in [3.63, 3.8) is 0 Å². The average Bonchev–Trinajstić information content (AvgIpc) is 2.35. The molecule has 9 nitrogen and oxygen atoms in total. The Morgan fingerprint density at radius 1 is 0.885 bits per heavy atom. The molecule has 0 rings (SSSR count). The van der Waals surface area contributed by atoms with Crippen LogP contribution in [0.1, 0.15) is 41.5 Å². The van der Waals surface area contributed by atoms with E-state index in [1.54, 1.807) is 41.5 Å². The van der Waals surface area contributed by atoms with E-state index in [4.69, 9.17) is 20.9 Å². The predicted octanol–water partition coefficient (Wildman–Crippen LogP) is 1.54. The number of carbonyl (C=O) groups excluding carboxylic acids is 2. The highest BCUT2D eigenvalue weighted by Gasteiger charge is 2.24. The van der Waals surface area contributed by atoms with E-state index in [0.29, 0.717) is 0 Å². The third kappa shape index (κ3) is 34.0. The van der Waals surface area contributed by atoms with Gasteiger partial charge in [0.1, 0.15) is 11.2 Å². The lowest BCUT2D eigenvalue weighted by Gasteiger charge is -2.20. The quantitative estimate of drug-likeness (QED) is 0.491. The van der Waals surface area contributed by atoms with Crippen molar-refractivity contribution in [1.82, 2.24) is 10.2 Å². The van der Waals surface area contributed by atoms with Crippen LogP contribution in [0.4, 0.5) is 9.59 Å². The summed E-state index contributed by atoms with van der Waals surface area (Å²) in [6, 6.07) is 0. The van der Waals surface area contributed by atoms with Crippen LogP contribution < -0.4 is 16.8 Å². The van der Waals surface area contributed by atoms with E-state index in [1.807, 2.05) is 21.1 Å². The highest BCUT2D eigenvalue weighted by atomic mass is 16.8. The summed E-state index contributed by atoms with van der Waals surface area (Å²) in [5, 5.41) is 2.89. The minimum atomic E-state index is -1.06. The molecule has 0 bridgehead atoms. The summed E-state index contributed by atoms with van der Waals surface area (Å²) in [4.78, 5) is 24.1. The molecule has 0 aromatic heterocycles. The van der Waals surface area contributed by atoms with Crippen LogP contribution in [0, 0.1) is 0 Å². The number of nitrogens with zero attached hydrogens (tertiary/aromatic N) is 1. The largest absolute Gasteiger partial charge is 0.519 e. The summed E-state index contributed by atoms with van der Waals surface area (Å²) in [6.45, 7) is 13.4. The molecule has 0 aliphatic heterocycles. The molecule has 0 radical (unpaired) electrons. The maximum Gasteiger partial charge on any atom is 0.519 e. The van der Waals surface area contributed by atoms with Gasteiger partial charge in [0.2, 0.25) is 0 Å². The smallest absolute Gasteiger partial charge is 0.428 e. The van der Waals surface area contributed by atoms with E-state index in [-0.39, 0.29) is 0 Å². The molecule has 9 heteroatoms. The number of hydrogen-bond acceptors (Lipinski definition) is 9. The summed E-state index contributed by atoms with van der Waals surface area (Å²) in [6.07, 6.45) is -2.12. The van der Waals surface area contributed by atoms with Crippen molar-refractivity contribution in [2.45, 2.75) is 52.7 Å². The molecule has 0 aromatic rings. The van der Waals surface area contributed by atoms with Gasteiger partial charge in [-0.2, -0.15) is 0 Å². The normalized spacial score (nSPS) is 10.8. The third-order valence-corrected chi connectivity index (χ3v) is 1.92. The Morgan fingerprint density at radius 2 is 1.27 bits per heavy atom. The van der Waals surface area contributed by atoms with Crippen LogP contribution in [-0.4, -0.2) is 75.7 Å². The minimum absolute atomic E-state index is 0.695. The van der Waals surface area contributed by atoms with Crippen molar-refractivity contribution in [3.05, 3.63) is 0 Å². The van der Waals surface area contributed by atoms with Gasteiger partial charge in [-0.25, -0.2) is 9.59 Å². The molecule has 0 spiro atoms. The molecule has 0 fully saturated rings. The molecular weight excluding hydrogens is 340 g/mol. The topological polar surface area (TPSA) is 129 Å². The van der Waals surface area contributed by atoms with Crippen molar-refractivity contribution in [3.8, 4) is 0 Å². The Labute approximate surface area is 158 Å². The SMILES string of the molecule is CC(C)(C)OC(=O)OC(=O)OC(C)(C)C.CN(C)CCN.CNCCN. The fourth-order valence-electron chi connectivity index (χ4n) is 1.01. The second-order valence-corrected chi connectivity index (χ2v) is 7.52. The van der Waals surface area contributed by atoms with Gasteiger partial charge in [-0.05, 0) is 62.7 Å². The zero-order chi connectivity index (χ0) is 21.4. The second kappa shape index (κ2) is 15.8. The number of nitrogens with one attached hydrogen (secondary N) is 1. The Morgan fingerprint density at radius 3 is 1.38 bits per heavy atom. The predicted molar refractivity (Wildman–Crippen MR) is 104 cm³/mol. The van der Waals surface area contributed by atoms with E-state index >= 15 is 0 Å². The molecule has 26 heavy (non-hydrogen) atoms. The lowest BCUT2D eigenvalue weighted by atomic mass is 10.2. The third-order valence-electron chi connectivity index (χ3n) is 1.92. The summed E-state index contributed by atoms with van der Waals surface area (Å²) in [5.41, 5.74) is 8.87. The van der Waals surface area contributed by atoms with Gasteiger partial charge in [-0.3, -0.25) is 0 Å². The first-order valence-corrected chi connectivity index (χ1v) is 8.51. The maximum atomic E-state index is 11.0. The average molecular weight is 381 g/mol. The molecule has 0 saturated carbocycles. The van der Waals surface area contributed by atoms with E-state index in [0.717, 1.165) is 26.2 Å². The highest BCUT2D eigenvalue weighted by Crippen LogP contribution is 2.11. The Bertz CT molecular complexity index is 335. The Balaban J connectivity index is -0.000000394. The van der Waals surface area contributed by atoms with Gasteiger partial charge in [0.25, 0.3) is 0 Å². The zero-order valence-corrected chi connectivity index (χ0v) is 18.0. The monoisotopic (exact) mass is 380 g/mol. The molecular formula is C17H40N4O5. The Kier molecular flexibility index (Phi) is 17.8. The minimum Gasteiger partial charge on any atom is -0.428 e.